The minimum atomic E-state index is -0.164. The first kappa shape index (κ1) is 13.4. The zero-order valence-corrected chi connectivity index (χ0v) is 11.1. The van der Waals surface area contributed by atoms with Gasteiger partial charge in [0, 0.05) is 18.8 Å². The molecule has 1 unspecified atom stereocenters. The van der Waals surface area contributed by atoms with E-state index in [1.165, 1.54) is 0 Å². The molecule has 2 aromatic rings. The zero-order valence-electron chi connectivity index (χ0n) is 11.1. The van der Waals surface area contributed by atoms with E-state index in [0.717, 1.165) is 11.3 Å². The van der Waals surface area contributed by atoms with Gasteiger partial charge in [-0.05, 0) is 37.6 Å². The molecule has 0 fully saturated rings. The van der Waals surface area contributed by atoms with E-state index in [4.69, 9.17) is 0 Å². The predicted molar refractivity (Wildman–Crippen MR) is 74.0 cm³/mol. The topological polar surface area (TPSA) is 65.4 Å². The second kappa shape index (κ2) is 5.71. The van der Waals surface area contributed by atoms with E-state index in [9.17, 15) is 10.2 Å². The summed E-state index contributed by atoms with van der Waals surface area (Å²) in [5.41, 5.74) is 2.59. The Hall–Kier alpha value is -2.07. The quantitative estimate of drug-likeness (QED) is 0.788. The number of aromatic nitrogens is 1. The molecular weight excluding hydrogens is 240 g/mol. The van der Waals surface area contributed by atoms with Crippen LogP contribution in [0.5, 0.6) is 11.5 Å². The maximum atomic E-state index is 9.80. The summed E-state index contributed by atoms with van der Waals surface area (Å²) in [6, 6.07) is 8.49. The fourth-order valence-corrected chi connectivity index (χ4v) is 2.04. The van der Waals surface area contributed by atoms with Crippen LogP contribution in [0.3, 0.4) is 0 Å². The summed E-state index contributed by atoms with van der Waals surface area (Å²) in [5, 5.41) is 22.9. The van der Waals surface area contributed by atoms with Crippen molar-refractivity contribution < 1.29 is 10.2 Å². The number of pyridine rings is 1. The SMILES string of the molecule is Cc1cccnc1CNC(C)c1c(O)cccc1O. The molecule has 3 N–H and O–H groups in total. The van der Waals surface area contributed by atoms with Crippen molar-refractivity contribution in [3.63, 3.8) is 0 Å². The van der Waals surface area contributed by atoms with Crippen LogP contribution in [0.2, 0.25) is 0 Å². The van der Waals surface area contributed by atoms with E-state index >= 15 is 0 Å². The van der Waals surface area contributed by atoms with Gasteiger partial charge in [-0.25, -0.2) is 0 Å². The number of hydrogen-bond donors (Lipinski definition) is 3. The summed E-state index contributed by atoms with van der Waals surface area (Å²) in [6.45, 7) is 4.49. The highest BCUT2D eigenvalue weighted by atomic mass is 16.3. The Morgan fingerprint density at radius 1 is 1.16 bits per heavy atom. The van der Waals surface area contributed by atoms with Gasteiger partial charge in [0.2, 0.25) is 0 Å². The molecule has 0 saturated heterocycles. The van der Waals surface area contributed by atoms with Gasteiger partial charge in [0.25, 0.3) is 0 Å². The minimum Gasteiger partial charge on any atom is -0.507 e. The Balaban J connectivity index is 2.10. The van der Waals surface area contributed by atoms with Gasteiger partial charge in [0.05, 0.1) is 11.3 Å². The third-order valence-electron chi connectivity index (χ3n) is 3.19. The van der Waals surface area contributed by atoms with Crippen molar-refractivity contribution in [2.75, 3.05) is 0 Å². The van der Waals surface area contributed by atoms with E-state index < -0.39 is 0 Å². The van der Waals surface area contributed by atoms with Crippen molar-refractivity contribution in [1.82, 2.24) is 10.3 Å². The van der Waals surface area contributed by atoms with Crippen LogP contribution in [0.4, 0.5) is 0 Å². The molecule has 4 heteroatoms. The van der Waals surface area contributed by atoms with Crippen molar-refractivity contribution in [1.29, 1.82) is 0 Å². The first-order valence-corrected chi connectivity index (χ1v) is 6.24. The van der Waals surface area contributed by atoms with Gasteiger partial charge in [0.1, 0.15) is 11.5 Å². The molecule has 0 spiro atoms. The molecule has 0 bridgehead atoms. The molecule has 100 valence electrons. The van der Waals surface area contributed by atoms with Crippen LogP contribution in [0, 0.1) is 6.92 Å². The second-order valence-electron chi connectivity index (χ2n) is 4.58. The maximum Gasteiger partial charge on any atom is 0.124 e. The highest BCUT2D eigenvalue weighted by Gasteiger charge is 2.14. The number of nitrogens with zero attached hydrogens (tertiary/aromatic N) is 1. The van der Waals surface area contributed by atoms with Crippen LogP contribution >= 0.6 is 0 Å². The summed E-state index contributed by atoms with van der Waals surface area (Å²) in [5.74, 6) is 0.190. The van der Waals surface area contributed by atoms with Gasteiger partial charge >= 0.3 is 0 Å². The summed E-state index contributed by atoms with van der Waals surface area (Å²) < 4.78 is 0. The third kappa shape index (κ3) is 3.03. The van der Waals surface area contributed by atoms with Gasteiger partial charge in [-0.2, -0.15) is 0 Å². The molecule has 0 aliphatic rings. The fraction of sp³-hybridized carbons (Fsp3) is 0.267. The van der Waals surface area contributed by atoms with E-state index in [-0.39, 0.29) is 17.5 Å². The number of phenols is 2. The van der Waals surface area contributed by atoms with E-state index in [1.54, 1.807) is 24.4 Å². The van der Waals surface area contributed by atoms with Crippen molar-refractivity contribution in [2.45, 2.75) is 26.4 Å². The third-order valence-corrected chi connectivity index (χ3v) is 3.19. The summed E-state index contributed by atoms with van der Waals surface area (Å²) >= 11 is 0. The molecule has 4 nitrogen and oxygen atoms in total. The van der Waals surface area contributed by atoms with Gasteiger partial charge in [-0.3, -0.25) is 4.98 Å². The average Bonchev–Trinajstić information content (AvgIpc) is 2.37. The van der Waals surface area contributed by atoms with Gasteiger partial charge in [-0.15, -0.1) is 0 Å². The van der Waals surface area contributed by atoms with Crippen LogP contribution in [0.25, 0.3) is 0 Å². The Bertz CT molecular complexity index is 550. The lowest BCUT2D eigenvalue weighted by Gasteiger charge is -2.17. The number of rotatable bonds is 4. The summed E-state index contributed by atoms with van der Waals surface area (Å²) in [6.07, 6.45) is 1.76. The lowest BCUT2D eigenvalue weighted by molar-refractivity contribution is 0.418. The molecule has 1 atom stereocenters. The normalized spacial score (nSPS) is 12.3. The summed E-state index contributed by atoms with van der Waals surface area (Å²) in [4.78, 5) is 4.30. The molecule has 0 saturated carbocycles. The maximum absolute atomic E-state index is 9.80. The van der Waals surface area contributed by atoms with Crippen molar-refractivity contribution in [3.8, 4) is 11.5 Å². The van der Waals surface area contributed by atoms with E-state index in [1.807, 2.05) is 26.0 Å². The minimum absolute atomic E-state index is 0.0951. The fourth-order valence-electron chi connectivity index (χ4n) is 2.04. The predicted octanol–water partition coefficient (Wildman–Crippen LogP) is 2.65. The highest BCUT2D eigenvalue weighted by Crippen LogP contribution is 2.32. The van der Waals surface area contributed by atoms with Crippen molar-refractivity contribution >= 4 is 0 Å². The highest BCUT2D eigenvalue weighted by molar-refractivity contribution is 5.44. The molecule has 0 aliphatic carbocycles. The number of aromatic hydroxyl groups is 2. The molecule has 1 aromatic heterocycles. The van der Waals surface area contributed by atoms with Crippen LogP contribution in [-0.4, -0.2) is 15.2 Å². The van der Waals surface area contributed by atoms with Crippen molar-refractivity contribution in [2.24, 2.45) is 0 Å². The standard InChI is InChI=1S/C15H18N2O2/c1-10-5-4-8-16-12(10)9-17-11(2)15-13(18)6-3-7-14(15)19/h3-8,11,17-19H,9H2,1-2H3. The molecule has 0 amide bonds. The van der Waals surface area contributed by atoms with Crippen LogP contribution in [0.1, 0.15) is 29.8 Å². The Labute approximate surface area is 112 Å². The molecule has 2 rings (SSSR count). The van der Waals surface area contributed by atoms with Crippen LogP contribution in [0.15, 0.2) is 36.5 Å². The van der Waals surface area contributed by atoms with Gasteiger partial charge in [0.15, 0.2) is 0 Å². The first-order chi connectivity index (χ1) is 9.09. The van der Waals surface area contributed by atoms with E-state index in [2.05, 4.69) is 10.3 Å². The lowest BCUT2D eigenvalue weighted by Crippen LogP contribution is -2.19. The molecular formula is C15H18N2O2. The van der Waals surface area contributed by atoms with Crippen LogP contribution < -0.4 is 5.32 Å². The zero-order chi connectivity index (χ0) is 13.8. The molecule has 1 heterocycles. The first-order valence-electron chi connectivity index (χ1n) is 6.24. The smallest absolute Gasteiger partial charge is 0.124 e. The molecule has 0 aliphatic heterocycles. The number of nitrogens with one attached hydrogen (secondary N) is 1. The Morgan fingerprint density at radius 2 is 1.84 bits per heavy atom. The molecule has 0 radical (unpaired) electrons. The lowest BCUT2D eigenvalue weighted by atomic mass is 10.1. The monoisotopic (exact) mass is 258 g/mol. The number of aryl methyl sites for hydroxylation is 1. The van der Waals surface area contributed by atoms with E-state index in [0.29, 0.717) is 12.1 Å². The number of hydrogen-bond acceptors (Lipinski definition) is 4. The summed E-state index contributed by atoms with van der Waals surface area (Å²) in [7, 11) is 0. The van der Waals surface area contributed by atoms with Crippen LogP contribution in [-0.2, 0) is 6.54 Å². The largest absolute Gasteiger partial charge is 0.507 e. The second-order valence-corrected chi connectivity index (χ2v) is 4.58. The number of phenolic OH excluding ortho intramolecular Hbond substituents is 2. The van der Waals surface area contributed by atoms with Gasteiger partial charge in [-0.1, -0.05) is 12.1 Å². The Kier molecular flexibility index (Phi) is 4.02. The average molecular weight is 258 g/mol. The number of benzene rings is 1. The van der Waals surface area contributed by atoms with Crippen molar-refractivity contribution in [3.05, 3.63) is 53.3 Å². The van der Waals surface area contributed by atoms with Gasteiger partial charge < -0.3 is 15.5 Å². The molecule has 19 heavy (non-hydrogen) atoms. The molecule has 1 aromatic carbocycles. The Morgan fingerprint density at radius 3 is 2.47 bits per heavy atom.